The molecule has 0 fully saturated rings. The molecule has 0 saturated carbocycles. The molecule has 0 spiro atoms. The second-order valence-electron chi connectivity index (χ2n) is 6.44. The lowest BCUT2D eigenvalue weighted by Gasteiger charge is -2.19. The fourth-order valence-electron chi connectivity index (χ4n) is 2.12. The summed E-state index contributed by atoms with van der Waals surface area (Å²) in [7, 11) is 0. The normalized spacial score (nSPS) is 11.2. The Labute approximate surface area is 147 Å². The quantitative estimate of drug-likeness (QED) is 0.821. The lowest BCUT2D eigenvalue weighted by Crippen LogP contribution is -2.33. The van der Waals surface area contributed by atoms with E-state index in [0.29, 0.717) is 18.1 Å². The molecule has 0 saturated heterocycles. The summed E-state index contributed by atoms with van der Waals surface area (Å²) in [5.41, 5.74) is 2.20. The Morgan fingerprint density at radius 3 is 2.58 bits per heavy atom. The summed E-state index contributed by atoms with van der Waals surface area (Å²) in [6.45, 7) is 6.01. The number of benzene rings is 1. The van der Waals surface area contributed by atoms with Crippen LogP contribution in [0, 0.1) is 0 Å². The van der Waals surface area contributed by atoms with Gasteiger partial charge in [-0.15, -0.1) is 10.2 Å². The van der Waals surface area contributed by atoms with Crippen molar-refractivity contribution < 1.29 is 9.53 Å². The van der Waals surface area contributed by atoms with Crippen molar-refractivity contribution in [1.82, 2.24) is 15.5 Å². The van der Waals surface area contributed by atoms with Crippen LogP contribution in [-0.2, 0) is 11.2 Å². The van der Waals surface area contributed by atoms with Gasteiger partial charge in [0.05, 0.1) is 5.69 Å². The van der Waals surface area contributed by atoms with E-state index in [2.05, 4.69) is 15.5 Å². The van der Waals surface area contributed by atoms with E-state index in [1.165, 1.54) is 0 Å². The van der Waals surface area contributed by atoms with Crippen LogP contribution in [0.3, 0.4) is 0 Å². The number of halogens is 1. The Hall–Kier alpha value is -2.14. The zero-order valence-electron chi connectivity index (χ0n) is 14.2. The first kappa shape index (κ1) is 18.2. The van der Waals surface area contributed by atoms with E-state index in [1.807, 2.05) is 57.2 Å². The number of carbonyl (C=O) groups excluding carboxylic acids is 1. The molecule has 1 N–H and O–H groups in total. The van der Waals surface area contributed by atoms with E-state index in [4.69, 9.17) is 16.3 Å². The van der Waals surface area contributed by atoms with Gasteiger partial charge in [-0.2, -0.15) is 0 Å². The number of carbonyl (C=O) groups is 1. The van der Waals surface area contributed by atoms with Crippen molar-refractivity contribution in [1.29, 1.82) is 0 Å². The van der Waals surface area contributed by atoms with Gasteiger partial charge < -0.3 is 10.1 Å². The van der Waals surface area contributed by atoms with Crippen molar-refractivity contribution >= 4 is 17.7 Å². The Kier molecular flexibility index (Phi) is 6.15. The average Bonchev–Trinajstić information content (AvgIpc) is 2.52. The third-order valence-corrected chi connectivity index (χ3v) is 3.50. The largest absolute Gasteiger partial charge is 0.444 e. The monoisotopic (exact) mass is 347 g/mol. The minimum absolute atomic E-state index is 0.395. The van der Waals surface area contributed by atoms with Gasteiger partial charge >= 0.3 is 6.09 Å². The molecule has 2 aromatic rings. The van der Waals surface area contributed by atoms with Gasteiger partial charge in [0.15, 0.2) is 5.15 Å². The second kappa shape index (κ2) is 8.11. The van der Waals surface area contributed by atoms with Crippen LogP contribution in [0.4, 0.5) is 4.79 Å². The molecular weight excluding hydrogens is 326 g/mol. The zero-order chi connectivity index (χ0) is 17.6. The van der Waals surface area contributed by atoms with Crippen LogP contribution in [0.2, 0.25) is 5.15 Å². The summed E-state index contributed by atoms with van der Waals surface area (Å²) < 4.78 is 5.19. The van der Waals surface area contributed by atoms with E-state index < -0.39 is 11.7 Å². The van der Waals surface area contributed by atoms with Crippen molar-refractivity contribution in [3.8, 4) is 11.3 Å². The minimum Gasteiger partial charge on any atom is -0.444 e. The molecule has 5 nitrogen and oxygen atoms in total. The fraction of sp³-hybridized carbons (Fsp3) is 0.389. The Morgan fingerprint density at radius 1 is 1.21 bits per heavy atom. The van der Waals surface area contributed by atoms with Gasteiger partial charge in [0.25, 0.3) is 0 Å². The van der Waals surface area contributed by atoms with Gasteiger partial charge in [-0.3, -0.25) is 0 Å². The van der Waals surface area contributed by atoms with E-state index >= 15 is 0 Å². The maximum atomic E-state index is 11.6. The maximum Gasteiger partial charge on any atom is 0.407 e. The summed E-state index contributed by atoms with van der Waals surface area (Å²) in [6.07, 6.45) is 1.02. The van der Waals surface area contributed by atoms with Gasteiger partial charge in [0, 0.05) is 12.1 Å². The predicted octanol–water partition coefficient (Wildman–Crippen LogP) is 4.25. The number of nitrogens with one attached hydrogen (secondary N) is 1. The molecule has 0 atom stereocenters. The minimum atomic E-state index is -0.493. The van der Waals surface area contributed by atoms with Crippen LogP contribution in [0.25, 0.3) is 11.3 Å². The molecular formula is C18H22ClN3O2. The zero-order valence-corrected chi connectivity index (χ0v) is 14.9. The van der Waals surface area contributed by atoms with Crippen LogP contribution in [0.5, 0.6) is 0 Å². The first-order chi connectivity index (χ1) is 11.3. The standard InChI is InChI=1S/C18H22ClN3O2/c1-18(2,3)24-17(23)20-11-7-10-14-12-15(21-22-16(14)19)13-8-5-4-6-9-13/h4-6,8-9,12H,7,10-11H2,1-3H3,(H,20,23). The number of aryl methyl sites for hydroxylation is 1. The van der Waals surface area contributed by atoms with Crippen molar-refractivity contribution in [2.45, 2.75) is 39.2 Å². The first-order valence-corrected chi connectivity index (χ1v) is 8.27. The lowest BCUT2D eigenvalue weighted by molar-refractivity contribution is 0.0527. The molecule has 2 rings (SSSR count). The maximum absolute atomic E-state index is 11.6. The van der Waals surface area contributed by atoms with Crippen molar-refractivity contribution in [3.63, 3.8) is 0 Å². The van der Waals surface area contributed by atoms with Gasteiger partial charge in [0.2, 0.25) is 0 Å². The molecule has 1 aromatic heterocycles. The predicted molar refractivity (Wildman–Crippen MR) is 95.0 cm³/mol. The summed E-state index contributed by atoms with van der Waals surface area (Å²) in [4.78, 5) is 11.6. The molecule has 6 heteroatoms. The summed E-state index contributed by atoms with van der Waals surface area (Å²) in [5.74, 6) is 0. The fourth-order valence-corrected chi connectivity index (χ4v) is 2.31. The first-order valence-electron chi connectivity index (χ1n) is 7.89. The summed E-state index contributed by atoms with van der Waals surface area (Å²) in [5, 5.41) is 11.3. The third kappa shape index (κ3) is 5.81. The topological polar surface area (TPSA) is 64.1 Å². The highest BCUT2D eigenvalue weighted by Crippen LogP contribution is 2.21. The van der Waals surface area contributed by atoms with E-state index in [1.54, 1.807) is 0 Å². The molecule has 1 amide bonds. The number of aromatic nitrogens is 2. The number of amides is 1. The van der Waals surface area contributed by atoms with Crippen molar-refractivity contribution in [2.75, 3.05) is 6.54 Å². The van der Waals surface area contributed by atoms with Crippen molar-refractivity contribution in [3.05, 3.63) is 47.1 Å². The number of rotatable bonds is 5. The van der Waals surface area contributed by atoms with Gasteiger partial charge in [0.1, 0.15) is 5.60 Å². The molecule has 24 heavy (non-hydrogen) atoms. The number of hydrogen-bond acceptors (Lipinski definition) is 4. The number of ether oxygens (including phenoxy) is 1. The van der Waals surface area contributed by atoms with Gasteiger partial charge in [-0.1, -0.05) is 41.9 Å². The molecule has 0 unspecified atom stereocenters. The highest BCUT2D eigenvalue weighted by atomic mass is 35.5. The van der Waals surface area contributed by atoms with Crippen LogP contribution >= 0.6 is 11.6 Å². The van der Waals surface area contributed by atoms with Crippen molar-refractivity contribution in [2.24, 2.45) is 0 Å². The molecule has 0 radical (unpaired) electrons. The van der Waals surface area contributed by atoms with E-state index in [9.17, 15) is 4.79 Å². The smallest absolute Gasteiger partial charge is 0.407 e. The number of alkyl carbamates (subject to hydrolysis) is 1. The van der Waals surface area contributed by atoms with E-state index in [-0.39, 0.29) is 0 Å². The number of nitrogens with zero attached hydrogens (tertiary/aromatic N) is 2. The van der Waals surface area contributed by atoms with E-state index in [0.717, 1.165) is 23.2 Å². The third-order valence-electron chi connectivity index (χ3n) is 3.18. The number of hydrogen-bond donors (Lipinski definition) is 1. The van der Waals surface area contributed by atoms with Crippen LogP contribution < -0.4 is 5.32 Å². The Morgan fingerprint density at radius 2 is 1.92 bits per heavy atom. The molecule has 0 bridgehead atoms. The Balaban J connectivity index is 1.90. The molecule has 0 aliphatic heterocycles. The molecule has 0 aliphatic carbocycles. The SMILES string of the molecule is CC(C)(C)OC(=O)NCCCc1cc(-c2ccccc2)nnc1Cl. The Bertz CT molecular complexity index is 684. The van der Waals surface area contributed by atoms with Gasteiger partial charge in [-0.25, -0.2) is 4.79 Å². The molecule has 1 aromatic carbocycles. The molecule has 128 valence electrons. The molecule has 0 aliphatic rings. The second-order valence-corrected chi connectivity index (χ2v) is 6.80. The highest BCUT2D eigenvalue weighted by molar-refractivity contribution is 6.30. The van der Waals surface area contributed by atoms with Gasteiger partial charge in [-0.05, 0) is 45.2 Å². The lowest BCUT2D eigenvalue weighted by atomic mass is 10.1. The molecule has 1 heterocycles. The van der Waals surface area contributed by atoms with Crippen LogP contribution in [-0.4, -0.2) is 28.4 Å². The average molecular weight is 348 g/mol. The van der Waals surface area contributed by atoms with Crippen LogP contribution in [0.1, 0.15) is 32.8 Å². The highest BCUT2D eigenvalue weighted by Gasteiger charge is 2.15. The van der Waals surface area contributed by atoms with Crippen LogP contribution in [0.15, 0.2) is 36.4 Å². The summed E-state index contributed by atoms with van der Waals surface area (Å²) >= 11 is 6.13. The summed E-state index contributed by atoms with van der Waals surface area (Å²) in [6, 6.07) is 11.8.